The van der Waals surface area contributed by atoms with Crippen LogP contribution in [0.3, 0.4) is 0 Å². The summed E-state index contributed by atoms with van der Waals surface area (Å²) in [4.78, 5) is 24.5. The molecule has 0 aliphatic heterocycles. The molecular formula is C15H15ClF2O3. The fourth-order valence-corrected chi connectivity index (χ4v) is 2.55. The maximum Gasteiger partial charge on any atom is 0.326 e. The SMILES string of the molecule is CC(C)COC(=O)C1(C(F)F)Cc2cc(Cl)ccc2C1=O. The largest absolute Gasteiger partial charge is 0.464 e. The average Bonchev–Trinajstić information content (AvgIpc) is 2.69. The summed E-state index contributed by atoms with van der Waals surface area (Å²) in [5, 5.41) is 0.335. The van der Waals surface area contributed by atoms with Crippen LogP contribution in [0.15, 0.2) is 18.2 Å². The summed E-state index contributed by atoms with van der Waals surface area (Å²) in [6, 6.07) is 4.26. The predicted octanol–water partition coefficient (Wildman–Crippen LogP) is 3.53. The Kier molecular flexibility index (Phi) is 4.33. The van der Waals surface area contributed by atoms with E-state index >= 15 is 0 Å². The minimum Gasteiger partial charge on any atom is -0.464 e. The lowest BCUT2D eigenvalue weighted by Crippen LogP contribution is -2.45. The topological polar surface area (TPSA) is 43.4 Å². The number of halogens is 3. The van der Waals surface area contributed by atoms with Gasteiger partial charge in [0.25, 0.3) is 6.43 Å². The van der Waals surface area contributed by atoms with E-state index in [2.05, 4.69) is 0 Å². The summed E-state index contributed by atoms with van der Waals surface area (Å²) in [5.74, 6) is -2.06. The normalized spacial score (nSPS) is 21.0. The van der Waals surface area contributed by atoms with Crippen LogP contribution in [0.2, 0.25) is 5.02 Å². The Morgan fingerprint density at radius 2 is 2.10 bits per heavy atom. The van der Waals surface area contributed by atoms with E-state index < -0.39 is 23.6 Å². The third kappa shape index (κ3) is 2.67. The molecule has 3 nitrogen and oxygen atoms in total. The summed E-state index contributed by atoms with van der Waals surface area (Å²) < 4.78 is 32.0. The van der Waals surface area contributed by atoms with Gasteiger partial charge >= 0.3 is 5.97 Å². The number of rotatable bonds is 4. The van der Waals surface area contributed by atoms with Crippen LogP contribution in [-0.2, 0) is 16.0 Å². The van der Waals surface area contributed by atoms with Crippen LogP contribution >= 0.6 is 11.6 Å². The Hall–Kier alpha value is -1.49. The van der Waals surface area contributed by atoms with Crippen molar-refractivity contribution in [3.63, 3.8) is 0 Å². The molecule has 0 saturated carbocycles. The standard InChI is InChI=1S/C15H15ClF2O3/c1-8(2)7-21-14(20)15(13(17)18)6-9-5-10(16)3-4-11(9)12(15)19/h3-5,8,13H,6-7H2,1-2H3. The Morgan fingerprint density at radius 3 is 2.67 bits per heavy atom. The van der Waals surface area contributed by atoms with Gasteiger partial charge in [-0.15, -0.1) is 0 Å². The number of esters is 1. The van der Waals surface area contributed by atoms with Crippen molar-refractivity contribution < 1.29 is 23.1 Å². The van der Waals surface area contributed by atoms with E-state index in [1.165, 1.54) is 18.2 Å². The fourth-order valence-electron chi connectivity index (χ4n) is 2.35. The maximum absolute atomic E-state index is 13.5. The first-order chi connectivity index (χ1) is 9.79. The zero-order valence-electron chi connectivity index (χ0n) is 11.7. The molecule has 2 rings (SSSR count). The van der Waals surface area contributed by atoms with E-state index in [0.29, 0.717) is 10.6 Å². The molecule has 0 saturated heterocycles. The molecule has 0 spiro atoms. The number of carbonyl (C=O) groups is 2. The second-order valence-corrected chi connectivity index (χ2v) is 6.01. The first kappa shape index (κ1) is 15.9. The lowest BCUT2D eigenvalue weighted by atomic mass is 9.84. The highest BCUT2D eigenvalue weighted by Crippen LogP contribution is 2.43. The van der Waals surface area contributed by atoms with Gasteiger partial charge in [0.15, 0.2) is 11.2 Å². The number of fused-ring (bicyclic) bond motifs is 1. The summed E-state index contributed by atoms with van der Waals surface area (Å²) in [6.07, 6.45) is -3.51. The van der Waals surface area contributed by atoms with Crippen molar-refractivity contribution >= 4 is 23.4 Å². The Morgan fingerprint density at radius 1 is 1.43 bits per heavy atom. The smallest absolute Gasteiger partial charge is 0.326 e. The molecule has 0 radical (unpaired) electrons. The highest BCUT2D eigenvalue weighted by molar-refractivity contribution is 6.31. The molecule has 0 N–H and O–H groups in total. The lowest BCUT2D eigenvalue weighted by molar-refractivity contribution is -0.161. The molecule has 1 aromatic rings. The minimum atomic E-state index is -3.13. The zero-order valence-corrected chi connectivity index (χ0v) is 12.4. The van der Waals surface area contributed by atoms with Crippen LogP contribution in [0.1, 0.15) is 29.8 Å². The highest BCUT2D eigenvalue weighted by atomic mass is 35.5. The van der Waals surface area contributed by atoms with Crippen molar-refractivity contribution in [2.24, 2.45) is 11.3 Å². The lowest BCUT2D eigenvalue weighted by Gasteiger charge is -2.24. The van der Waals surface area contributed by atoms with Gasteiger partial charge in [-0.1, -0.05) is 25.4 Å². The minimum absolute atomic E-state index is 0.00230. The quantitative estimate of drug-likeness (QED) is 0.630. The number of carbonyl (C=O) groups excluding carboxylic acids is 2. The fraction of sp³-hybridized carbons (Fsp3) is 0.467. The van der Waals surface area contributed by atoms with E-state index in [4.69, 9.17) is 16.3 Å². The van der Waals surface area contributed by atoms with Gasteiger partial charge in [-0.3, -0.25) is 9.59 Å². The van der Waals surface area contributed by atoms with Gasteiger partial charge in [0.2, 0.25) is 0 Å². The van der Waals surface area contributed by atoms with E-state index in [0.717, 1.165) is 0 Å². The van der Waals surface area contributed by atoms with Gasteiger partial charge in [0.1, 0.15) is 0 Å². The number of hydrogen-bond acceptors (Lipinski definition) is 3. The van der Waals surface area contributed by atoms with E-state index in [1.54, 1.807) is 13.8 Å². The molecule has 0 bridgehead atoms. The number of ether oxygens (including phenoxy) is 1. The first-order valence-corrected chi connectivity index (χ1v) is 6.95. The highest BCUT2D eigenvalue weighted by Gasteiger charge is 2.59. The second-order valence-electron chi connectivity index (χ2n) is 5.57. The predicted molar refractivity (Wildman–Crippen MR) is 73.7 cm³/mol. The van der Waals surface area contributed by atoms with Gasteiger partial charge < -0.3 is 4.74 Å². The molecular weight excluding hydrogens is 302 g/mol. The molecule has 0 fully saturated rings. The molecule has 0 aromatic heterocycles. The van der Waals surface area contributed by atoms with Crippen LogP contribution in [0.4, 0.5) is 8.78 Å². The van der Waals surface area contributed by atoms with Gasteiger partial charge in [0, 0.05) is 17.0 Å². The van der Waals surface area contributed by atoms with Crippen LogP contribution in [0.5, 0.6) is 0 Å². The van der Waals surface area contributed by atoms with Crippen molar-refractivity contribution in [2.45, 2.75) is 26.7 Å². The van der Waals surface area contributed by atoms with Crippen molar-refractivity contribution in [3.8, 4) is 0 Å². The van der Waals surface area contributed by atoms with E-state index in [-0.39, 0.29) is 24.5 Å². The number of hydrogen-bond donors (Lipinski definition) is 0. The van der Waals surface area contributed by atoms with Crippen molar-refractivity contribution in [3.05, 3.63) is 34.3 Å². The van der Waals surface area contributed by atoms with Crippen LogP contribution in [-0.4, -0.2) is 24.8 Å². The van der Waals surface area contributed by atoms with Crippen molar-refractivity contribution in [1.82, 2.24) is 0 Å². The Balaban J connectivity index is 2.38. The van der Waals surface area contributed by atoms with E-state index in [9.17, 15) is 18.4 Å². The molecule has 1 atom stereocenters. The number of benzene rings is 1. The van der Waals surface area contributed by atoms with Crippen LogP contribution in [0, 0.1) is 11.3 Å². The van der Waals surface area contributed by atoms with Gasteiger partial charge in [0.05, 0.1) is 6.61 Å². The monoisotopic (exact) mass is 316 g/mol. The second kappa shape index (κ2) is 5.72. The molecule has 114 valence electrons. The number of alkyl halides is 2. The molecule has 0 amide bonds. The van der Waals surface area contributed by atoms with Gasteiger partial charge in [-0.25, -0.2) is 8.78 Å². The summed E-state index contributed by atoms with van der Waals surface area (Å²) in [6.45, 7) is 3.57. The molecule has 1 aliphatic rings. The number of ketones is 1. The van der Waals surface area contributed by atoms with Crippen LogP contribution in [0.25, 0.3) is 0 Å². The van der Waals surface area contributed by atoms with Crippen LogP contribution < -0.4 is 0 Å². The van der Waals surface area contributed by atoms with Crippen molar-refractivity contribution in [2.75, 3.05) is 6.61 Å². The Bertz CT molecular complexity index is 586. The Labute approximate surface area is 126 Å². The summed E-state index contributed by atoms with van der Waals surface area (Å²) >= 11 is 5.81. The zero-order chi connectivity index (χ0) is 15.8. The first-order valence-electron chi connectivity index (χ1n) is 6.57. The molecule has 1 unspecified atom stereocenters. The average molecular weight is 317 g/mol. The van der Waals surface area contributed by atoms with Crippen molar-refractivity contribution in [1.29, 1.82) is 0 Å². The molecule has 0 heterocycles. The third-order valence-corrected chi connectivity index (χ3v) is 3.71. The summed E-state index contributed by atoms with van der Waals surface area (Å²) in [5.41, 5.74) is -1.97. The van der Waals surface area contributed by atoms with Gasteiger partial charge in [-0.05, 0) is 29.7 Å². The number of Topliss-reactive ketones (excluding diaryl/α,β-unsaturated/α-hetero) is 1. The molecule has 21 heavy (non-hydrogen) atoms. The van der Waals surface area contributed by atoms with Gasteiger partial charge in [-0.2, -0.15) is 0 Å². The van der Waals surface area contributed by atoms with E-state index in [1.807, 2.05) is 0 Å². The molecule has 6 heteroatoms. The third-order valence-electron chi connectivity index (χ3n) is 3.47. The maximum atomic E-state index is 13.5. The molecule has 1 aliphatic carbocycles. The summed E-state index contributed by atoms with van der Waals surface area (Å²) in [7, 11) is 0. The molecule has 1 aromatic carbocycles.